The first-order valence-corrected chi connectivity index (χ1v) is 13.9. The van der Waals surface area contributed by atoms with Crippen molar-refractivity contribution in [3.63, 3.8) is 0 Å². The van der Waals surface area contributed by atoms with Gasteiger partial charge in [-0.2, -0.15) is 15.3 Å². The van der Waals surface area contributed by atoms with Crippen LogP contribution < -0.4 is 5.56 Å². The van der Waals surface area contributed by atoms with Gasteiger partial charge in [0.25, 0.3) is 5.56 Å². The van der Waals surface area contributed by atoms with Gasteiger partial charge >= 0.3 is 0 Å². The van der Waals surface area contributed by atoms with Crippen LogP contribution in [0.1, 0.15) is 42.5 Å². The molecule has 0 fully saturated rings. The Hall–Kier alpha value is -4.31. The Kier molecular flexibility index (Phi) is 8.49. The average Bonchev–Trinajstić information content (AvgIpc) is 3.36. The highest BCUT2D eigenvalue weighted by Crippen LogP contribution is 2.33. The fourth-order valence-corrected chi connectivity index (χ4v) is 5.67. The minimum atomic E-state index is -4.51. The number of ether oxygens (including phenoxy) is 2. The highest BCUT2D eigenvalue weighted by atomic mass is 32.2. The molecule has 0 aliphatic heterocycles. The van der Waals surface area contributed by atoms with Crippen LogP contribution in [0, 0.1) is 18.3 Å². The molecule has 4 aromatic rings. The minimum absolute atomic E-state index is 0.00495. The summed E-state index contributed by atoms with van der Waals surface area (Å²) in [7, 11) is -3.07. The zero-order valence-electron chi connectivity index (χ0n) is 22.5. The molecule has 2 aromatic carbocycles. The van der Waals surface area contributed by atoms with Crippen molar-refractivity contribution in [2.24, 2.45) is 0 Å². The zero-order valence-corrected chi connectivity index (χ0v) is 23.3. The van der Waals surface area contributed by atoms with Gasteiger partial charge in [-0.1, -0.05) is 24.3 Å². The Morgan fingerprint density at radius 2 is 1.90 bits per heavy atom. The lowest BCUT2D eigenvalue weighted by atomic mass is 10.0. The molecule has 2 N–H and O–H groups in total. The van der Waals surface area contributed by atoms with Crippen LogP contribution in [-0.2, 0) is 25.9 Å². The first-order valence-electron chi connectivity index (χ1n) is 12.4. The Labute approximate surface area is 231 Å². The van der Waals surface area contributed by atoms with Crippen LogP contribution in [0.25, 0.3) is 11.1 Å². The van der Waals surface area contributed by atoms with Gasteiger partial charge in [0.2, 0.25) is 15.7 Å². The fraction of sp³-hybridized carbons (Fsp3) is 0.286. The molecule has 12 heteroatoms. The summed E-state index contributed by atoms with van der Waals surface area (Å²) in [5, 5.41) is 27.7. The fourth-order valence-electron chi connectivity index (χ4n) is 4.33. The van der Waals surface area contributed by atoms with Crippen LogP contribution in [0.2, 0.25) is 0 Å². The van der Waals surface area contributed by atoms with Crippen LogP contribution in [-0.4, -0.2) is 53.1 Å². The number of hydrogen-bond acceptors (Lipinski definition) is 9. The van der Waals surface area contributed by atoms with Crippen molar-refractivity contribution in [1.82, 2.24) is 19.7 Å². The van der Waals surface area contributed by atoms with E-state index in [0.29, 0.717) is 11.1 Å². The lowest BCUT2D eigenvalue weighted by Gasteiger charge is -2.26. The Bertz CT molecular complexity index is 1720. The molecular weight excluding hydrogens is 534 g/mol. The van der Waals surface area contributed by atoms with E-state index in [2.05, 4.69) is 21.3 Å². The van der Waals surface area contributed by atoms with Crippen molar-refractivity contribution in [3.8, 4) is 23.1 Å². The molecule has 208 valence electrons. The van der Waals surface area contributed by atoms with Crippen molar-refractivity contribution >= 4 is 9.84 Å². The molecule has 40 heavy (non-hydrogen) atoms. The van der Waals surface area contributed by atoms with Crippen LogP contribution >= 0.6 is 0 Å². The molecule has 0 unspecified atom stereocenters. The quantitative estimate of drug-likeness (QED) is 0.294. The Morgan fingerprint density at radius 1 is 1.18 bits per heavy atom. The van der Waals surface area contributed by atoms with Gasteiger partial charge in [-0.15, -0.1) is 0 Å². The van der Waals surface area contributed by atoms with E-state index in [1.165, 1.54) is 23.8 Å². The van der Waals surface area contributed by atoms with E-state index in [0.717, 1.165) is 16.8 Å². The summed E-state index contributed by atoms with van der Waals surface area (Å²) in [6.45, 7) is 5.19. The summed E-state index contributed by atoms with van der Waals surface area (Å²) < 4.78 is 39.8. The maximum Gasteiger partial charge on any atom is 0.296 e. The number of sulfone groups is 1. The van der Waals surface area contributed by atoms with Crippen molar-refractivity contribution in [2.45, 2.75) is 49.3 Å². The highest BCUT2D eigenvalue weighted by molar-refractivity contribution is 7.91. The molecule has 0 amide bonds. The van der Waals surface area contributed by atoms with Gasteiger partial charge in [0, 0.05) is 18.9 Å². The molecule has 1 atom stereocenters. The zero-order chi connectivity index (χ0) is 29.0. The minimum Gasteiger partial charge on any atom is -0.493 e. The number of hydrogen-bond donors (Lipinski definition) is 2. The van der Waals surface area contributed by atoms with E-state index in [1.807, 2.05) is 6.92 Å². The lowest BCUT2D eigenvalue weighted by Crippen LogP contribution is -2.29. The number of nitrogens with zero attached hydrogens (tertiary/aromatic N) is 4. The SMILES string of the molecule is COC[C@@H](c1cccc(C#N)c1)n1c(COC(C)C)nc(=O)c(S(=O)(=O)c2ccc(-c3c[nH]nc3C)cc2)c1O. The second kappa shape index (κ2) is 11.8. The number of rotatable bonds is 10. The lowest BCUT2D eigenvalue weighted by molar-refractivity contribution is 0.0554. The van der Waals surface area contributed by atoms with Gasteiger partial charge in [-0.05, 0) is 56.2 Å². The van der Waals surface area contributed by atoms with Gasteiger partial charge in [0.05, 0.1) is 41.0 Å². The number of aromatic nitrogens is 4. The maximum absolute atomic E-state index is 13.7. The van der Waals surface area contributed by atoms with E-state index in [-0.39, 0.29) is 30.0 Å². The predicted molar refractivity (Wildman–Crippen MR) is 145 cm³/mol. The topological polar surface area (TPSA) is 160 Å². The van der Waals surface area contributed by atoms with E-state index < -0.39 is 32.2 Å². The van der Waals surface area contributed by atoms with Gasteiger partial charge in [0.1, 0.15) is 12.4 Å². The molecule has 0 saturated carbocycles. The van der Waals surface area contributed by atoms with Crippen molar-refractivity contribution in [1.29, 1.82) is 5.26 Å². The van der Waals surface area contributed by atoms with E-state index in [4.69, 9.17) is 9.47 Å². The third-order valence-electron chi connectivity index (χ3n) is 6.29. The van der Waals surface area contributed by atoms with Crippen molar-refractivity contribution in [3.05, 3.63) is 87.7 Å². The first kappa shape index (κ1) is 28.7. The molecule has 0 spiro atoms. The molecule has 4 rings (SSSR count). The van der Waals surface area contributed by atoms with Gasteiger partial charge in [0.15, 0.2) is 4.90 Å². The summed E-state index contributed by atoms with van der Waals surface area (Å²) in [4.78, 5) is 16.2. The molecule has 2 heterocycles. The van der Waals surface area contributed by atoms with Crippen molar-refractivity contribution in [2.75, 3.05) is 13.7 Å². The van der Waals surface area contributed by atoms with Gasteiger partial charge in [-0.25, -0.2) is 8.42 Å². The standard InChI is InChI=1S/C28H29N5O6S/c1-17(2)39-16-25-31-27(34)26(28(35)33(25)24(15-38-4)21-7-5-6-19(12-21)13-29)40(36,37)22-10-8-20(9-11-22)23-14-30-32-18(23)3/h5-12,14,17,24,35H,15-16H2,1-4H3,(H,30,32)/t24-/m0/s1. The van der Waals surface area contributed by atoms with Gasteiger partial charge in [-0.3, -0.25) is 14.5 Å². The number of nitriles is 1. The average molecular weight is 564 g/mol. The van der Waals surface area contributed by atoms with Crippen LogP contribution in [0.5, 0.6) is 5.88 Å². The number of nitrogens with one attached hydrogen (secondary N) is 1. The molecule has 0 bridgehead atoms. The van der Waals surface area contributed by atoms with E-state index in [9.17, 15) is 23.6 Å². The number of H-pyrrole nitrogens is 1. The number of aromatic hydroxyl groups is 1. The molecule has 2 aromatic heterocycles. The van der Waals surface area contributed by atoms with E-state index in [1.54, 1.807) is 56.4 Å². The number of methoxy groups -OCH3 is 1. The molecule has 0 saturated heterocycles. The smallest absolute Gasteiger partial charge is 0.296 e. The number of aryl methyl sites for hydroxylation is 1. The highest BCUT2D eigenvalue weighted by Gasteiger charge is 2.32. The summed E-state index contributed by atoms with van der Waals surface area (Å²) in [5.74, 6) is -0.799. The summed E-state index contributed by atoms with van der Waals surface area (Å²) in [6, 6.07) is 13.7. The van der Waals surface area contributed by atoms with Crippen LogP contribution in [0.3, 0.4) is 0 Å². The molecule has 0 aliphatic rings. The Balaban J connectivity index is 1.90. The van der Waals surface area contributed by atoms with Gasteiger partial charge < -0.3 is 14.6 Å². The van der Waals surface area contributed by atoms with E-state index >= 15 is 0 Å². The molecular formula is C28H29N5O6S. The summed E-state index contributed by atoms with van der Waals surface area (Å²) in [5.41, 5.74) is 2.04. The Morgan fingerprint density at radius 3 is 2.50 bits per heavy atom. The summed E-state index contributed by atoms with van der Waals surface area (Å²) in [6.07, 6.45) is 1.46. The second-order valence-electron chi connectivity index (χ2n) is 9.34. The van der Waals surface area contributed by atoms with Crippen LogP contribution in [0.15, 0.2) is 69.3 Å². The maximum atomic E-state index is 13.7. The normalized spacial score (nSPS) is 12.4. The molecule has 11 nitrogen and oxygen atoms in total. The second-order valence-corrected chi connectivity index (χ2v) is 11.2. The summed E-state index contributed by atoms with van der Waals surface area (Å²) >= 11 is 0. The third kappa shape index (κ3) is 5.67. The third-order valence-corrected chi connectivity index (χ3v) is 8.08. The number of aromatic amines is 1. The van der Waals surface area contributed by atoms with Crippen molar-refractivity contribution < 1.29 is 23.0 Å². The van der Waals surface area contributed by atoms with Crippen LogP contribution in [0.4, 0.5) is 0 Å². The molecule has 0 aliphatic carbocycles. The largest absolute Gasteiger partial charge is 0.493 e. The predicted octanol–water partition coefficient (Wildman–Crippen LogP) is 3.51. The first-order chi connectivity index (χ1) is 19.1. The number of benzene rings is 2. The molecule has 0 radical (unpaired) electrons. The monoisotopic (exact) mass is 563 g/mol.